The summed E-state index contributed by atoms with van der Waals surface area (Å²) in [6.45, 7) is 0.148. The average molecular weight is 444 g/mol. The highest BCUT2D eigenvalue weighted by molar-refractivity contribution is 5.94. The van der Waals surface area contributed by atoms with E-state index in [2.05, 4.69) is 10.4 Å². The van der Waals surface area contributed by atoms with Gasteiger partial charge >= 0.3 is 0 Å². The molecule has 0 aromatic heterocycles. The molecule has 0 spiro atoms. The molecule has 1 amide bonds. The van der Waals surface area contributed by atoms with Crippen molar-refractivity contribution in [1.29, 1.82) is 0 Å². The summed E-state index contributed by atoms with van der Waals surface area (Å²) < 4.78 is 30.1. The first-order chi connectivity index (χ1) is 16.0. The molecular formula is C25H18F2N4O2. The quantitative estimate of drug-likeness (QED) is 0.440. The van der Waals surface area contributed by atoms with Gasteiger partial charge in [0.2, 0.25) is 5.91 Å². The molecule has 3 aromatic carbocycles. The molecule has 0 aliphatic carbocycles. The van der Waals surface area contributed by atoms with E-state index in [0.29, 0.717) is 34.4 Å². The molecule has 5 rings (SSSR count). The highest BCUT2D eigenvalue weighted by atomic mass is 19.1. The van der Waals surface area contributed by atoms with Crippen LogP contribution in [-0.4, -0.2) is 20.3 Å². The second kappa shape index (κ2) is 8.31. The van der Waals surface area contributed by atoms with Crippen molar-refractivity contribution in [3.8, 4) is 11.3 Å². The van der Waals surface area contributed by atoms with Gasteiger partial charge in [-0.25, -0.2) is 13.5 Å². The van der Waals surface area contributed by atoms with Crippen LogP contribution in [0.3, 0.4) is 0 Å². The van der Waals surface area contributed by atoms with Crippen LogP contribution in [0.4, 0.5) is 14.5 Å². The maximum Gasteiger partial charge on any atom is 0.278 e. The number of aromatic nitrogens is 3. The summed E-state index contributed by atoms with van der Waals surface area (Å²) in [5.41, 5.74) is 2.30. The number of nitrogens with one attached hydrogen (secondary N) is 1. The van der Waals surface area contributed by atoms with Crippen molar-refractivity contribution in [3.63, 3.8) is 0 Å². The number of hydrogen-bond acceptors (Lipinski definition) is 3. The van der Waals surface area contributed by atoms with E-state index in [1.165, 1.54) is 36.4 Å². The van der Waals surface area contributed by atoms with Crippen molar-refractivity contribution in [2.75, 3.05) is 5.32 Å². The van der Waals surface area contributed by atoms with E-state index in [4.69, 9.17) is 0 Å². The number of rotatable bonds is 5. The summed E-state index contributed by atoms with van der Waals surface area (Å²) in [5, 5.41) is 7.42. The first kappa shape index (κ1) is 20.6. The molecule has 6 nitrogen and oxygen atoms in total. The Morgan fingerprint density at radius 3 is 2.42 bits per heavy atom. The van der Waals surface area contributed by atoms with Crippen molar-refractivity contribution in [1.82, 2.24) is 14.3 Å². The minimum atomic E-state index is -0.487. The molecule has 0 saturated heterocycles. The van der Waals surface area contributed by atoms with Crippen LogP contribution >= 0.6 is 0 Å². The molecule has 0 bridgehead atoms. The minimum absolute atomic E-state index is 0.290. The third-order valence-corrected chi connectivity index (χ3v) is 5.37. The Hall–Kier alpha value is -4.33. The van der Waals surface area contributed by atoms with Crippen molar-refractivity contribution in [2.24, 2.45) is 0 Å². The first-order valence-electron chi connectivity index (χ1n) is 10.3. The van der Waals surface area contributed by atoms with E-state index in [1.54, 1.807) is 12.3 Å². The van der Waals surface area contributed by atoms with Crippen molar-refractivity contribution >= 4 is 22.5 Å². The zero-order chi connectivity index (χ0) is 22.9. The van der Waals surface area contributed by atoms with Gasteiger partial charge in [0.25, 0.3) is 5.56 Å². The summed E-state index contributed by atoms with van der Waals surface area (Å²) in [6.07, 6.45) is 1.69. The summed E-state index contributed by atoms with van der Waals surface area (Å²) in [6, 6.07) is 19.4. The normalized spacial score (nSPS) is 11.2. The van der Waals surface area contributed by atoms with E-state index in [-0.39, 0.29) is 6.54 Å². The summed E-state index contributed by atoms with van der Waals surface area (Å²) in [7, 11) is 0. The van der Waals surface area contributed by atoms with Crippen LogP contribution in [0.1, 0.15) is 5.56 Å². The molecule has 2 aliphatic rings. The third-order valence-electron chi connectivity index (χ3n) is 5.37. The van der Waals surface area contributed by atoms with Gasteiger partial charge < -0.3 is 9.88 Å². The van der Waals surface area contributed by atoms with Gasteiger partial charge in [-0.1, -0.05) is 30.3 Å². The second-order valence-corrected chi connectivity index (χ2v) is 7.68. The van der Waals surface area contributed by atoms with E-state index in [1.807, 2.05) is 34.9 Å². The average Bonchev–Trinajstić information content (AvgIpc) is 3.11. The van der Waals surface area contributed by atoms with Gasteiger partial charge in [0.15, 0.2) is 0 Å². The van der Waals surface area contributed by atoms with Crippen molar-refractivity contribution in [3.05, 3.63) is 107 Å². The summed E-state index contributed by atoms with van der Waals surface area (Å²) in [4.78, 5) is 25.5. The Labute approximate surface area is 187 Å². The molecular weight excluding hydrogens is 426 g/mol. The minimum Gasteiger partial charge on any atom is -0.342 e. The van der Waals surface area contributed by atoms with Gasteiger partial charge in [-0.05, 0) is 48.0 Å². The van der Waals surface area contributed by atoms with E-state index in [0.717, 1.165) is 10.2 Å². The number of nitrogens with zero attached hydrogens (tertiary/aromatic N) is 3. The standard InChI is InChI=1S/C25H18F2N4O2/c26-17-6-9-19(10-7-17)28-23(32)15-31-25(33)21-14-30(13-16-4-2-1-3-5-16)22-11-8-18(27)12-20(22)24(21)29-31/h1-12,14H,13,15H2,(H,28,32). The Morgan fingerprint density at radius 2 is 1.67 bits per heavy atom. The molecule has 1 N–H and O–H groups in total. The zero-order valence-electron chi connectivity index (χ0n) is 17.3. The largest absolute Gasteiger partial charge is 0.342 e. The zero-order valence-corrected chi connectivity index (χ0v) is 17.3. The van der Waals surface area contributed by atoms with Crippen LogP contribution in [-0.2, 0) is 17.9 Å². The van der Waals surface area contributed by atoms with Gasteiger partial charge in [0, 0.05) is 23.8 Å². The molecule has 0 fully saturated rings. The van der Waals surface area contributed by atoms with Crippen LogP contribution in [0.15, 0.2) is 83.8 Å². The molecule has 3 aromatic rings. The number of benzene rings is 3. The number of amides is 1. The number of pyridine rings is 1. The molecule has 2 heterocycles. The predicted octanol–water partition coefficient (Wildman–Crippen LogP) is 4.27. The molecule has 33 heavy (non-hydrogen) atoms. The Bertz CT molecular complexity index is 1490. The molecule has 0 radical (unpaired) electrons. The monoisotopic (exact) mass is 444 g/mol. The smallest absolute Gasteiger partial charge is 0.278 e. The summed E-state index contributed by atoms with van der Waals surface area (Å²) >= 11 is 0. The predicted molar refractivity (Wildman–Crippen MR) is 121 cm³/mol. The van der Waals surface area contributed by atoms with E-state index < -0.39 is 23.1 Å². The summed E-state index contributed by atoms with van der Waals surface area (Å²) in [5.74, 6) is -1.35. The van der Waals surface area contributed by atoms with Crippen molar-refractivity contribution < 1.29 is 13.6 Å². The number of fused-ring (bicyclic) bond motifs is 3. The molecule has 0 atom stereocenters. The lowest BCUT2D eigenvalue weighted by Crippen LogP contribution is -2.26. The fourth-order valence-corrected chi connectivity index (χ4v) is 3.84. The van der Waals surface area contributed by atoms with Gasteiger partial charge in [-0.15, -0.1) is 0 Å². The maximum absolute atomic E-state index is 14.1. The van der Waals surface area contributed by atoms with E-state index in [9.17, 15) is 18.4 Å². The maximum atomic E-state index is 14.1. The first-order valence-corrected chi connectivity index (χ1v) is 10.3. The SMILES string of the molecule is O=C(Cn1nc2c3cc(F)ccc3n(Cc3ccccc3)cc-2c1=O)Nc1ccc(F)cc1. The lowest BCUT2D eigenvalue weighted by atomic mass is 10.1. The topological polar surface area (TPSA) is 68.9 Å². The molecule has 0 saturated carbocycles. The van der Waals surface area contributed by atoms with Crippen LogP contribution in [0, 0.1) is 11.6 Å². The number of anilines is 1. The third kappa shape index (κ3) is 4.10. The van der Waals surface area contributed by atoms with Gasteiger partial charge in [0.05, 0.1) is 11.1 Å². The van der Waals surface area contributed by atoms with Crippen LogP contribution in [0.25, 0.3) is 22.2 Å². The molecule has 2 aliphatic heterocycles. The Kier molecular flexibility index (Phi) is 5.18. The van der Waals surface area contributed by atoms with E-state index >= 15 is 0 Å². The van der Waals surface area contributed by atoms with Crippen LogP contribution in [0.2, 0.25) is 0 Å². The lowest BCUT2D eigenvalue weighted by molar-refractivity contribution is -0.116. The molecule has 8 heteroatoms. The van der Waals surface area contributed by atoms with Crippen LogP contribution in [0.5, 0.6) is 0 Å². The fraction of sp³-hybridized carbons (Fsp3) is 0.0800. The van der Waals surface area contributed by atoms with Gasteiger partial charge in [0.1, 0.15) is 23.9 Å². The molecule has 164 valence electrons. The van der Waals surface area contributed by atoms with Crippen molar-refractivity contribution in [2.45, 2.75) is 13.1 Å². The highest BCUT2D eigenvalue weighted by Gasteiger charge is 2.22. The van der Waals surface area contributed by atoms with Gasteiger partial charge in [-0.3, -0.25) is 9.59 Å². The Morgan fingerprint density at radius 1 is 0.939 bits per heavy atom. The number of halogens is 2. The fourth-order valence-electron chi connectivity index (χ4n) is 3.84. The number of carbonyl (C=O) groups excluding carboxylic acids is 1. The number of carbonyl (C=O) groups is 1. The highest BCUT2D eigenvalue weighted by Crippen LogP contribution is 2.28. The lowest BCUT2D eigenvalue weighted by Gasteiger charge is -2.14. The Balaban J connectivity index is 1.54. The molecule has 0 unspecified atom stereocenters. The number of hydrogen-bond donors (Lipinski definition) is 1. The second-order valence-electron chi connectivity index (χ2n) is 7.68. The van der Waals surface area contributed by atoms with Crippen LogP contribution < -0.4 is 10.9 Å². The van der Waals surface area contributed by atoms with Gasteiger partial charge in [-0.2, -0.15) is 5.10 Å².